The Morgan fingerprint density at radius 2 is 1.59 bits per heavy atom. The zero-order chi connectivity index (χ0) is 26.4. The Kier molecular flexibility index (Phi) is 8.45. The molecule has 3 aromatic rings. The monoisotopic (exact) mass is 522 g/mol. The van der Waals surface area contributed by atoms with Gasteiger partial charge in [-0.05, 0) is 55.0 Å². The molecule has 1 aliphatic carbocycles. The third kappa shape index (κ3) is 5.94. The number of methoxy groups -OCH3 is 2. The summed E-state index contributed by atoms with van der Waals surface area (Å²) in [6, 6.07) is 13.7. The van der Waals surface area contributed by atoms with Crippen LogP contribution in [0.3, 0.4) is 0 Å². The minimum atomic E-state index is -0.529. The second-order valence-corrected chi connectivity index (χ2v) is 9.91. The van der Waals surface area contributed by atoms with E-state index in [2.05, 4.69) is 17.6 Å². The molecule has 0 saturated heterocycles. The number of anilines is 1. The summed E-state index contributed by atoms with van der Waals surface area (Å²) in [5.74, 6) is 0.205. The maximum Gasteiger partial charge on any atom is 0.341 e. The lowest BCUT2D eigenvalue weighted by atomic mass is 9.88. The van der Waals surface area contributed by atoms with Gasteiger partial charge < -0.3 is 24.8 Å². The van der Waals surface area contributed by atoms with Crippen LogP contribution in [-0.2, 0) is 17.6 Å². The van der Waals surface area contributed by atoms with Crippen LogP contribution in [0, 0.1) is 5.92 Å². The van der Waals surface area contributed by atoms with Crippen molar-refractivity contribution < 1.29 is 28.6 Å². The summed E-state index contributed by atoms with van der Waals surface area (Å²) in [5.41, 5.74) is 2.16. The predicted octanol–water partition coefficient (Wildman–Crippen LogP) is 4.73. The summed E-state index contributed by atoms with van der Waals surface area (Å²) in [4.78, 5) is 39.9. The second-order valence-electron chi connectivity index (χ2n) is 8.80. The minimum Gasteiger partial charge on any atom is -0.496 e. The van der Waals surface area contributed by atoms with Gasteiger partial charge in [-0.15, -0.1) is 11.3 Å². The molecule has 1 heterocycles. The summed E-state index contributed by atoms with van der Waals surface area (Å²) in [6.07, 6.45) is 2.60. The molecule has 1 atom stereocenters. The smallest absolute Gasteiger partial charge is 0.341 e. The molecule has 0 fully saturated rings. The molecule has 0 saturated carbocycles. The molecule has 2 amide bonds. The minimum absolute atomic E-state index is 0.00507. The van der Waals surface area contributed by atoms with Crippen LogP contribution in [0.4, 0.5) is 5.00 Å². The zero-order valence-corrected chi connectivity index (χ0v) is 21.9. The molecule has 8 nitrogen and oxygen atoms in total. The van der Waals surface area contributed by atoms with Gasteiger partial charge in [-0.3, -0.25) is 9.59 Å². The Balaban J connectivity index is 1.46. The number of hydrogen-bond acceptors (Lipinski definition) is 7. The molecule has 9 heteroatoms. The van der Waals surface area contributed by atoms with E-state index in [0.717, 1.165) is 29.7 Å². The lowest BCUT2D eigenvalue weighted by Gasteiger charge is -2.18. The Bertz CT molecular complexity index is 1300. The van der Waals surface area contributed by atoms with Crippen molar-refractivity contribution in [1.82, 2.24) is 5.32 Å². The lowest BCUT2D eigenvalue weighted by molar-refractivity contribution is 0.0499. The number of nitrogens with one attached hydrogen (secondary N) is 2. The second kappa shape index (κ2) is 11.9. The summed E-state index contributed by atoms with van der Waals surface area (Å²) in [5, 5.41) is 6.29. The van der Waals surface area contributed by atoms with Crippen molar-refractivity contribution in [2.24, 2.45) is 5.92 Å². The van der Waals surface area contributed by atoms with Crippen LogP contribution in [-0.4, -0.2) is 45.2 Å². The van der Waals surface area contributed by atoms with E-state index in [1.807, 2.05) is 0 Å². The fourth-order valence-corrected chi connectivity index (χ4v) is 5.77. The number of amides is 2. The van der Waals surface area contributed by atoms with Crippen molar-refractivity contribution in [1.29, 1.82) is 0 Å². The highest BCUT2D eigenvalue weighted by atomic mass is 32.1. The van der Waals surface area contributed by atoms with Gasteiger partial charge in [0.05, 0.1) is 31.9 Å². The van der Waals surface area contributed by atoms with Gasteiger partial charge in [0.15, 0.2) is 0 Å². The number of rotatable bonds is 9. The number of hydrogen-bond donors (Lipinski definition) is 2. The molecule has 4 rings (SSSR count). The number of para-hydroxylation sites is 2. The zero-order valence-electron chi connectivity index (χ0n) is 21.1. The molecule has 1 aliphatic rings. The topological polar surface area (TPSA) is 103 Å². The summed E-state index contributed by atoms with van der Waals surface area (Å²) in [7, 11) is 3.00. The molecule has 0 bridgehead atoms. The molecular formula is C28H30N2O6S. The van der Waals surface area contributed by atoms with Gasteiger partial charge in [0.2, 0.25) is 0 Å². The SMILES string of the molecule is COc1ccccc1C(=O)Nc1sc2c(c1C(=O)NCCOC(=O)c1ccccc1OC)CCC(C)C2. The van der Waals surface area contributed by atoms with Crippen LogP contribution in [0.5, 0.6) is 11.5 Å². The van der Waals surface area contributed by atoms with Gasteiger partial charge in [0, 0.05) is 4.88 Å². The van der Waals surface area contributed by atoms with Crippen LogP contribution in [0.1, 0.15) is 54.9 Å². The van der Waals surface area contributed by atoms with Crippen LogP contribution < -0.4 is 20.1 Å². The molecule has 0 aliphatic heterocycles. The number of benzene rings is 2. The standard InChI is InChI=1S/C28H30N2O6S/c1-17-12-13-20-23(16-17)37-27(30-25(31)18-8-4-6-10-21(18)34-2)24(20)26(32)29-14-15-36-28(33)19-9-5-7-11-22(19)35-3/h4-11,17H,12-16H2,1-3H3,(H,29,32)(H,30,31). The van der Waals surface area contributed by atoms with E-state index in [1.165, 1.54) is 25.6 Å². The third-order valence-electron chi connectivity index (χ3n) is 6.27. The Morgan fingerprint density at radius 3 is 2.30 bits per heavy atom. The molecule has 1 unspecified atom stereocenters. The van der Waals surface area contributed by atoms with Crippen molar-refractivity contribution >= 4 is 34.1 Å². The van der Waals surface area contributed by atoms with E-state index in [-0.39, 0.29) is 25.0 Å². The van der Waals surface area contributed by atoms with Crippen LogP contribution in [0.2, 0.25) is 0 Å². The predicted molar refractivity (Wildman–Crippen MR) is 142 cm³/mol. The van der Waals surface area contributed by atoms with E-state index >= 15 is 0 Å². The molecule has 37 heavy (non-hydrogen) atoms. The fourth-order valence-electron chi connectivity index (χ4n) is 4.37. The Morgan fingerprint density at radius 1 is 0.946 bits per heavy atom. The quantitative estimate of drug-likeness (QED) is 0.311. The average Bonchev–Trinajstić information content (AvgIpc) is 3.27. The molecule has 194 valence electrons. The van der Waals surface area contributed by atoms with Crippen LogP contribution >= 0.6 is 11.3 Å². The summed E-state index contributed by atoms with van der Waals surface area (Å²) < 4.78 is 15.9. The van der Waals surface area contributed by atoms with Crippen molar-refractivity contribution in [3.05, 3.63) is 75.7 Å². The van der Waals surface area contributed by atoms with E-state index < -0.39 is 5.97 Å². The number of thiophene rings is 1. The number of fused-ring (bicyclic) bond motifs is 1. The van der Waals surface area contributed by atoms with Crippen LogP contribution in [0.25, 0.3) is 0 Å². The fraction of sp³-hybridized carbons (Fsp3) is 0.321. The molecular weight excluding hydrogens is 492 g/mol. The maximum atomic E-state index is 13.3. The summed E-state index contributed by atoms with van der Waals surface area (Å²) >= 11 is 1.44. The first-order valence-corrected chi connectivity index (χ1v) is 12.9. The van der Waals surface area contributed by atoms with E-state index in [4.69, 9.17) is 14.2 Å². The van der Waals surface area contributed by atoms with Crippen LogP contribution in [0.15, 0.2) is 48.5 Å². The largest absolute Gasteiger partial charge is 0.496 e. The van der Waals surface area contributed by atoms with Gasteiger partial charge in [-0.2, -0.15) is 0 Å². The Hall–Kier alpha value is -3.85. The third-order valence-corrected chi connectivity index (χ3v) is 7.43. The number of ether oxygens (including phenoxy) is 3. The lowest BCUT2D eigenvalue weighted by Crippen LogP contribution is -2.30. The highest BCUT2D eigenvalue weighted by Crippen LogP contribution is 2.40. The van der Waals surface area contributed by atoms with E-state index in [9.17, 15) is 14.4 Å². The van der Waals surface area contributed by atoms with E-state index in [1.54, 1.807) is 48.5 Å². The highest BCUT2D eigenvalue weighted by Gasteiger charge is 2.29. The maximum absolute atomic E-state index is 13.3. The summed E-state index contributed by atoms with van der Waals surface area (Å²) in [6.45, 7) is 2.31. The van der Waals surface area contributed by atoms with Gasteiger partial charge in [0.1, 0.15) is 28.7 Å². The molecule has 0 radical (unpaired) electrons. The highest BCUT2D eigenvalue weighted by molar-refractivity contribution is 7.17. The number of carbonyl (C=O) groups is 3. The van der Waals surface area contributed by atoms with E-state index in [0.29, 0.717) is 39.1 Å². The van der Waals surface area contributed by atoms with Gasteiger partial charge in [-0.1, -0.05) is 31.2 Å². The number of carbonyl (C=O) groups excluding carboxylic acids is 3. The first-order chi connectivity index (χ1) is 17.9. The van der Waals surface area contributed by atoms with Gasteiger partial charge in [-0.25, -0.2) is 4.79 Å². The molecule has 2 aromatic carbocycles. The van der Waals surface area contributed by atoms with Crippen molar-refractivity contribution in [3.8, 4) is 11.5 Å². The van der Waals surface area contributed by atoms with Gasteiger partial charge in [0.25, 0.3) is 11.8 Å². The average molecular weight is 523 g/mol. The first kappa shape index (κ1) is 26.2. The Labute approximate surface area is 219 Å². The van der Waals surface area contributed by atoms with Crippen molar-refractivity contribution in [3.63, 3.8) is 0 Å². The van der Waals surface area contributed by atoms with Crippen molar-refractivity contribution in [2.45, 2.75) is 26.2 Å². The normalized spacial score (nSPS) is 14.3. The first-order valence-electron chi connectivity index (χ1n) is 12.1. The number of esters is 1. The molecule has 1 aromatic heterocycles. The molecule has 2 N–H and O–H groups in total. The van der Waals surface area contributed by atoms with Gasteiger partial charge >= 0.3 is 5.97 Å². The van der Waals surface area contributed by atoms with Crippen molar-refractivity contribution in [2.75, 3.05) is 32.7 Å². The molecule has 0 spiro atoms.